The Morgan fingerprint density at radius 1 is 1.32 bits per heavy atom. The predicted octanol–water partition coefficient (Wildman–Crippen LogP) is 3.38. The number of benzene rings is 1. The molecule has 0 atom stereocenters. The number of thioether (sulfide) groups is 1. The summed E-state index contributed by atoms with van der Waals surface area (Å²) >= 11 is 8.12. The Kier molecular flexibility index (Phi) is 4.16. The third kappa shape index (κ3) is 2.79. The summed E-state index contributed by atoms with van der Waals surface area (Å²) in [6, 6.07) is 1.45. The highest BCUT2D eigenvalue weighted by molar-refractivity contribution is 7.99. The molecule has 1 saturated carbocycles. The highest BCUT2D eigenvalue weighted by Gasteiger charge is 2.30. The lowest BCUT2D eigenvalue weighted by atomic mass is 10.1. The average Bonchev–Trinajstić information content (AvgIpc) is 3.41. The van der Waals surface area contributed by atoms with E-state index in [1.54, 1.807) is 16.3 Å². The zero-order valence-electron chi connectivity index (χ0n) is 13.3. The van der Waals surface area contributed by atoms with Gasteiger partial charge < -0.3 is 14.6 Å². The molecule has 1 N–H and O–H groups in total. The predicted molar refractivity (Wildman–Crippen MR) is 97.9 cm³/mol. The van der Waals surface area contributed by atoms with Crippen molar-refractivity contribution in [2.45, 2.75) is 18.9 Å². The highest BCUT2D eigenvalue weighted by Crippen LogP contribution is 2.41. The molecular formula is C17H16ClFN2O3S. The Balaban J connectivity index is 2.02. The first-order valence-corrected chi connectivity index (χ1v) is 9.65. The molecule has 1 aromatic carbocycles. The first-order valence-electron chi connectivity index (χ1n) is 8.12. The Bertz CT molecular complexity index is 936. The molecule has 132 valence electrons. The van der Waals surface area contributed by atoms with Gasteiger partial charge in [0, 0.05) is 36.8 Å². The molecular weight excluding hydrogens is 367 g/mol. The van der Waals surface area contributed by atoms with Crippen molar-refractivity contribution in [1.29, 1.82) is 0 Å². The quantitative estimate of drug-likeness (QED) is 0.881. The van der Waals surface area contributed by atoms with E-state index in [0.717, 1.165) is 24.3 Å². The number of hydrogen-bond donors (Lipinski definition) is 1. The molecule has 2 aliphatic rings. The van der Waals surface area contributed by atoms with Gasteiger partial charge in [0.2, 0.25) is 5.43 Å². The number of aromatic carboxylic acids is 1. The second-order valence-corrected chi connectivity index (χ2v) is 7.96. The third-order valence-corrected chi connectivity index (χ3v) is 5.91. The zero-order valence-corrected chi connectivity index (χ0v) is 14.9. The number of aromatic nitrogens is 1. The van der Waals surface area contributed by atoms with E-state index in [1.165, 1.54) is 12.3 Å². The van der Waals surface area contributed by atoms with E-state index in [0.29, 0.717) is 18.8 Å². The van der Waals surface area contributed by atoms with Gasteiger partial charge in [-0.05, 0) is 18.9 Å². The summed E-state index contributed by atoms with van der Waals surface area (Å²) in [4.78, 5) is 25.8. The maximum atomic E-state index is 15.4. The Labute approximate surface area is 152 Å². The van der Waals surface area contributed by atoms with Gasteiger partial charge >= 0.3 is 5.97 Å². The number of anilines is 1. The van der Waals surface area contributed by atoms with Crippen molar-refractivity contribution in [3.05, 3.63) is 38.9 Å². The van der Waals surface area contributed by atoms with Crippen molar-refractivity contribution >= 4 is 45.9 Å². The minimum Gasteiger partial charge on any atom is -0.477 e. The number of hydrogen-bond acceptors (Lipinski definition) is 4. The highest BCUT2D eigenvalue weighted by atomic mass is 35.5. The Morgan fingerprint density at radius 2 is 2.00 bits per heavy atom. The Morgan fingerprint density at radius 3 is 2.60 bits per heavy atom. The zero-order chi connectivity index (χ0) is 17.7. The molecule has 0 spiro atoms. The van der Waals surface area contributed by atoms with Crippen LogP contribution in [0.3, 0.4) is 0 Å². The lowest BCUT2D eigenvalue weighted by Gasteiger charge is -2.30. The standard InChI is InChI=1S/C17H16ClFN2O3S/c18-12-7-10-14(13(19)15(12)20-3-5-25-6-4-20)21(9-1-2-9)8-11(16(10)22)17(23)24/h7-9H,1-6H2,(H,23,24). The van der Waals surface area contributed by atoms with Crippen LogP contribution in [0.25, 0.3) is 10.9 Å². The lowest BCUT2D eigenvalue weighted by Crippen LogP contribution is -2.33. The fourth-order valence-corrected chi connectivity index (χ4v) is 4.52. The van der Waals surface area contributed by atoms with Crippen LogP contribution in [0.5, 0.6) is 0 Å². The average molecular weight is 383 g/mol. The van der Waals surface area contributed by atoms with Gasteiger partial charge in [-0.2, -0.15) is 11.8 Å². The van der Waals surface area contributed by atoms with Gasteiger partial charge in [-0.1, -0.05) is 11.6 Å². The van der Waals surface area contributed by atoms with E-state index in [2.05, 4.69) is 0 Å². The summed E-state index contributed by atoms with van der Waals surface area (Å²) in [5.74, 6) is -0.0622. The fraction of sp³-hybridized carbons (Fsp3) is 0.412. The van der Waals surface area contributed by atoms with Gasteiger partial charge in [0.1, 0.15) is 5.56 Å². The summed E-state index contributed by atoms with van der Waals surface area (Å²) in [7, 11) is 0. The van der Waals surface area contributed by atoms with E-state index >= 15 is 4.39 Å². The van der Waals surface area contributed by atoms with Crippen LogP contribution < -0.4 is 10.3 Å². The number of carbonyl (C=O) groups is 1. The number of fused-ring (bicyclic) bond motifs is 1. The molecule has 1 aromatic heterocycles. The molecule has 2 fully saturated rings. The Hall–Kier alpha value is -1.73. The van der Waals surface area contributed by atoms with Crippen molar-refractivity contribution in [3.8, 4) is 0 Å². The number of halogens is 2. The number of carboxylic acids is 1. The van der Waals surface area contributed by atoms with Gasteiger partial charge in [-0.25, -0.2) is 9.18 Å². The van der Waals surface area contributed by atoms with Crippen molar-refractivity contribution < 1.29 is 14.3 Å². The minimum atomic E-state index is -1.31. The molecule has 4 rings (SSSR count). The molecule has 0 radical (unpaired) electrons. The number of rotatable bonds is 3. The first kappa shape index (κ1) is 16.7. The molecule has 2 heterocycles. The van der Waals surface area contributed by atoms with E-state index in [-0.39, 0.29) is 27.5 Å². The molecule has 8 heteroatoms. The van der Waals surface area contributed by atoms with Crippen LogP contribution in [0.2, 0.25) is 5.02 Å². The van der Waals surface area contributed by atoms with E-state index in [4.69, 9.17) is 11.6 Å². The minimum absolute atomic E-state index is 0.0293. The van der Waals surface area contributed by atoms with E-state index in [1.807, 2.05) is 4.90 Å². The largest absolute Gasteiger partial charge is 0.477 e. The second kappa shape index (κ2) is 6.21. The fourth-order valence-electron chi connectivity index (χ4n) is 3.30. The van der Waals surface area contributed by atoms with Gasteiger partial charge in [-0.3, -0.25) is 4.79 Å². The summed E-state index contributed by atoms with van der Waals surface area (Å²) in [6.45, 7) is 1.38. The van der Waals surface area contributed by atoms with Crippen molar-refractivity contribution in [2.75, 3.05) is 29.5 Å². The first-order chi connectivity index (χ1) is 12.0. The summed E-state index contributed by atoms with van der Waals surface area (Å²) < 4.78 is 17.0. The molecule has 1 aliphatic carbocycles. The molecule has 0 unspecified atom stereocenters. The smallest absolute Gasteiger partial charge is 0.341 e. The van der Waals surface area contributed by atoms with Crippen molar-refractivity contribution in [3.63, 3.8) is 0 Å². The normalized spacial score (nSPS) is 17.9. The summed E-state index contributed by atoms with van der Waals surface area (Å²) in [5, 5.41) is 9.48. The van der Waals surface area contributed by atoms with Crippen LogP contribution in [-0.4, -0.2) is 40.2 Å². The summed E-state index contributed by atoms with van der Waals surface area (Å²) in [6.07, 6.45) is 2.96. The SMILES string of the molecule is O=C(O)c1cn(C2CC2)c2c(F)c(N3CCSCC3)c(Cl)cc2c1=O. The van der Waals surface area contributed by atoms with Crippen LogP contribution >= 0.6 is 23.4 Å². The van der Waals surface area contributed by atoms with Crippen LogP contribution in [0, 0.1) is 5.82 Å². The lowest BCUT2D eigenvalue weighted by molar-refractivity contribution is 0.0695. The molecule has 0 amide bonds. The number of pyridine rings is 1. The molecule has 1 saturated heterocycles. The van der Waals surface area contributed by atoms with Crippen molar-refractivity contribution in [2.24, 2.45) is 0 Å². The summed E-state index contributed by atoms with van der Waals surface area (Å²) in [5.41, 5.74) is -0.570. The molecule has 1 aliphatic heterocycles. The molecule has 25 heavy (non-hydrogen) atoms. The van der Waals surface area contributed by atoms with Gasteiger partial charge in [-0.15, -0.1) is 0 Å². The maximum Gasteiger partial charge on any atom is 0.341 e. The van der Waals surface area contributed by atoms with Crippen molar-refractivity contribution in [1.82, 2.24) is 4.57 Å². The molecule has 5 nitrogen and oxygen atoms in total. The molecule has 0 bridgehead atoms. The number of carboxylic acid groups (broad SMARTS) is 1. The number of nitrogens with zero attached hydrogens (tertiary/aromatic N) is 2. The monoisotopic (exact) mass is 382 g/mol. The third-order valence-electron chi connectivity index (χ3n) is 4.68. The van der Waals surface area contributed by atoms with Crippen LogP contribution in [0.4, 0.5) is 10.1 Å². The second-order valence-electron chi connectivity index (χ2n) is 6.33. The van der Waals surface area contributed by atoms with E-state index in [9.17, 15) is 14.7 Å². The van der Waals surface area contributed by atoms with Crippen LogP contribution in [0.15, 0.2) is 17.1 Å². The van der Waals surface area contributed by atoms with Crippen LogP contribution in [-0.2, 0) is 0 Å². The topological polar surface area (TPSA) is 62.5 Å². The van der Waals surface area contributed by atoms with Crippen LogP contribution in [0.1, 0.15) is 29.2 Å². The molecule has 2 aromatic rings. The maximum absolute atomic E-state index is 15.4. The van der Waals surface area contributed by atoms with E-state index < -0.39 is 17.2 Å². The van der Waals surface area contributed by atoms with Gasteiger partial charge in [0.25, 0.3) is 0 Å². The van der Waals surface area contributed by atoms with Gasteiger partial charge in [0.15, 0.2) is 5.82 Å². The van der Waals surface area contributed by atoms with Gasteiger partial charge in [0.05, 0.1) is 21.6 Å².